The van der Waals surface area contributed by atoms with Crippen LogP contribution in [0.3, 0.4) is 0 Å². The van der Waals surface area contributed by atoms with Crippen LogP contribution in [0.4, 0.5) is 0 Å². The molecule has 1 aliphatic rings. The Bertz CT molecular complexity index is 832. The maximum absolute atomic E-state index is 13.0. The molecule has 3 rings (SSSR count). The van der Waals surface area contributed by atoms with Crippen molar-refractivity contribution < 1.29 is 14.3 Å². The lowest BCUT2D eigenvalue weighted by Crippen LogP contribution is -2.41. The summed E-state index contributed by atoms with van der Waals surface area (Å²) in [4.78, 5) is 27.1. The summed E-state index contributed by atoms with van der Waals surface area (Å²) < 4.78 is 6.14. The fraction of sp³-hybridized carbons (Fsp3) is 0.391. The minimum atomic E-state index is -0.165. The molecule has 2 aromatic rings. The molecule has 2 amide bonds. The van der Waals surface area contributed by atoms with E-state index in [1.807, 2.05) is 41.3 Å². The SMILES string of the molecule is COc1ccc(CN(C(=O)CCNC(=O)c2ccc(Br)cc2)C(C)C2CC2)cc1. The predicted molar refractivity (Wildman–Crippen MR) is 117 cm³/mol. The highest BCUT2D eigenvalue weighted by Crippen LogP contribution is 2.36. The highest BCUT2D eigenvalue weighted by Gasteiger charge is 2.34. The van der Waals surface area contributed by atoms with E-state index in [4.69, 9.17) is 4.74 Å². The van der Waals surface area contributed by atoms with Crippen LogP contribution >= 0.6 is 15.9 Å². The normalized spacial score (nSPS) is 14.2. The number of benzene rings is 2. The Hall–Kier alpha value is -2.34. The number of amides is 2. The number of nitrogens with one attached hydrogen (secondary N) is 1. The molecule has 0 radical (unpaired) electrons. The van der Waals surface area contributed by atoms with Gasteiger partial charge in [0.2, 0.25) is 5.91 Å². The van der Waals surface area contributed by atoms with Gasteiger partial charge in [-0.3, -0.25) is 9.59 Å². The first-order chi connectivity index (χ1) is 14.0. The molecule has 2 aromatic carbocycles. The van der Waals surface area contributed by atoms with Gasteiger partial charge in [-0.25, -0.2) is 0 Å². The number of halogens is 1. The number of carbonyl (C=O) groups excluding carboxylic acids is 2. The van der Waals surface area contributed by atoms with Crippen LogP contribution in [0.1, 0.15) is 42.1 Å². The van der Waals surface area contributed by atoms with Gasteiger partial charge in [-0.1, -0.05) is 28.1 Å². The van der Waals surface area contributed by atoms with Gasteiger partial charge >= 0.3 is 0 Å². The van der Waals surface area contributed by atoms with E-state index in [2.05, 4.69) is 28.2 Å². The summed E-state index contributed by atoms with van der Waals surface area (Å²) in [7, 11) is 1.64. The summed E-state index contributed by atoms with van der Waals surface area (Å²) in [5, 5.41) is 2.85. The monoisotopic (exact) mass is 458 g/mol. The van der Waals surface area contributed by atoms with E-state index < -0.39 is 0 Å². The summed E-state index contributed by atoms with van der Waals surface area (Å²) in [5.74, 6) is 1.28. The minimum absolute atomic E-state index is 0.0660. The molecular weight excluding hydrogens is 432 g/mol. The first kappa shape index (κ1) is 21.4. The lowest BCUT2D eigenvalue weighted by molar-refractivity contribution is -0.134. The lowest BCUT2D eigenvalue weighted by Gasteiger charge is -2.30. The molecule has 0 saturated heterocycles. The third kappa shape index (κ3) is 6.07. The molecule has 154 valence electrons. The molecular formula is C23H27BrN2O3. The minimum Gasteiger partial charge on any atom is -0.497 e. The molecule has 0 heterocycles. The van der Waals surface area contributed by atoms with Gasteiger partial charge in [0.05, 0.1) is 7.11 Å². The van der Waals surface area contributed by atoms with Crippen molar-refractivity contribution in [3.63, 3.8) is 0 Å². The van der Waals surface area contributed by atoms with E-state index in [1.165, 1.54) is 12.8 Å². The molecule has 6 heteroatoms. The second-order valence-corrected chi connectivity index (χ2v) is 8.38. The number of ether oxygens (including phenoxy) is 1. The van der Waals surface area contributed by atoms with Gasteiger partial charge in [-0.2, -0.15) is 0 Å². The maximum Gasteiger partial charge on any atom is 0.251 e. The average Bonchev–Trinajstić information content (AvgIpc) is 3.57. The number of rotatable bonds is 9. The van der Waals surface area contributed by atoms with Crippen molar-refractivity contribution in [1.29, 1.82) is 0 Å². The van der Waals surface area contributed by atoms with Crippen LogP contribution in [0.15, 0.2) is 53.0 Å². The summed E-state index contributed by atoms with van der Waals surface area (Å²) in [6.45, 7) is 3.02. The highest BCUT2D eigenvalue weighted by atomic mass is 79.9. The Labute approximate surface area is 180 Å². The summed E-state index contributed by atoms with van der Waals surface area (Å²) in [6.07, 6.45) is 2.64. The number of methoxy groups -OCH3 is 1. The maximum atomic E-state index is 13.0. The third-order valence-electron chi connectivity index (χ3n) is 5.36. The van der Waals surface area contributed by atoms with Crippen molar-refractivity contribution in [1.82, 2.24) is 10.2 Å². The van der Waals surface area contributed by atoms with Crippen LogP contribution in [-0.4, -0.2) is 36.4 Å². The molecule has 0 aromatic heterocycles. The Kier molecular flexibility index (Phi) is 7.31. The highest BCUT2D eigenvalue weighted by molar-refractivity contribution is 9.10. The quantitative estimate of drug-likeness (QED) is 0.605. The van der Waals surface area contributed by atoms with Gasteiger partial charge in [0.15, 0.2) is 0 Å². The topological polar surface area (TPSA) is 58.6 Å². The molecule has 1 N–H and O–H groups in total. The largest absolute Gasteiger partial charge is 0.497 e. The fourth-order valence-electron chi connectivity index (χ4n) is 3.35. The molecule has 29 heavy (non-hydrogen) atoms. The van der Waals surface area contributed by atoms with Crippen LogP contribution in [0, 0.1) is 5.92 Å². The fourth-order valence-corrected chi connectivity index (χ4v) is 3.61. The zero-order valence-corrected chi connectivity index (χ0v) is 18.4. The second-order valence-electron chi connectivity index (χ2n) is 7.46. The first-order valence-electron chi connectivity index (χ1n) is 9.94. The van der Waals surface area contributed by atoms with Gasteiger partial charge in [0.1, 0.15) is 5.75 Å². The van der Waals surface area contributed by atoms with Crippen LogP contribution in [0.25, 0.3) is 0 Å². The Morgan fingerprint density at radius 3 is 2.38 bits per heavy atom. The lowest BCUT2D eigenvalue weighted by atomic mass is 10.1. The summed E-state index contributed by atoms with van der Waals surface area (Å²) >= 11 is 3.36. The third-order valence-corrected chi connectivity index (χ3v) is 5.89. The van der Waals surface area contributed by atoms with Crippen molar-refractivity contribution >= 4 is 27.7 Å². The molecule has 1 saturated carbocycles. The summed E-state index contributed by atoms with van der Waals surface area (Å²) in [6, 6.07) is 15.2. The zero-order valence-electron chi connectivity index (χ0n) is 16.9. The van der Waals surface area contributed by atoms with Crippen molar-refractivity contribution in [2.24, 2.45) is 5.92 Å². The molecule has 1 unspecified atom stereocenters. The van der Waals surface area contributed by atoms with E-state index in [0.29, 0.717) is 24.6 Å². The molecule has 5 nitrogen and oxygen atoms in total. The van der Waals surface area contributed by atoms with Gasteiger partial charge in [-0.15, -0.1) is 0 Å². The van der Waals surface area contributed by atoms with Gasteiger partial charge in [0.25, 0.3) is 5.91 Å². The molecule has 1 aliphatic carbocycles. The van der Waals surface area contributed by atoms with Crippen LogP contribution < -0.4 is 10.1 Å². The van der Waals surface area contributed by atoms with E-state index in [1.54, 1.807) is 19.2 Å². The smallest absolute Gasteiger partial charge is 0.251 e. The Morgan fingerprint density at radius 2 is 1.79 bits per heavy atom. The molecule has 0 aliphatic heterocycles. The standard InChI is InChI=1S/C23H27BrN2O3/c1-16(18-5-6-18)26(15-17-3-11-21(29-2)12-4-17)22(27)13-14-25-23(28)19-7-9-20(24)10-8-19/h3-4,7-12,16,18H,5-6,13-15H2,1-2H3,(H,25,28). The summed E-state index contributed by atoms with van der Waals surface area (Å²) in [5.41, 5.74) is 1.66. The molecule has 1 atom stereocenters. The average molecular weight is 459 g/mol. The van der Waals surface area contributed by atoms with E-state index >= 15 is 0 Å². The number of carbonyl (C=O) groups is 2. The van der Waals surface area contributed by atoms with E-state index in [0.717, 1.165) is 15.8 Å². The molecule has 1 fully saturated rings. The predicted octanol–water partition coefficient (Wildman–Crippen LogP) is 4.40. The number of nitrogens with zero attached hydrogens (tertiary/aromatic N) is 1. The Morgan fingerprint density at radius 1 is 1.14 bits per heavy atom. The second kappa shape index (κ2) is 9.92. The number of hydrogen-bond acceptors (Lipinski definition) is 3. The van der Waals surface area contributed by atoms with E-state index in [9.17, 15) is 9.59 Å². The first-order valence-corrected chi connectivity index (χ1v) is 10.7. The van der Waals surface area contributed by atoms with Crippen molar-refractivity contribution in [2.45, 2.75) is 38.8 Å². The molecule has 0 bridgehead atoms. The Balaban J connectivity index is 1.57. The van der Waals surface area contributed by atoms with Crippen LogP contribution in [-0.2, 0) is 11.3 Å². The van der Waals surface area contributed by atoms with Crippen LogP contribution in [0.5, 0.6) is 5.75 Å². The molecule has 0 spiro atoms. The van der Waals surface area contributed by atoms with Crippen molar-refractivity contribution in [2.75, 3.05) is 13.7 Å². The van der Waals surface area contributed by atoms with Crippen molar-refractivity contribution in [3.8, 4) is 5.75 Å². The van der Waals surface area contributed by atoms with Crippen molar-refractivity contribution in [3.05, 3.63) is 64.1 Å². The van der Waals surface area contributed by atoms with E-state index in [-0.39, 0.29) is 24.3 Å². The zero-order chi connectivity index (χ0) is 20.8. The van der Waals surface area contributed by atoms with Gasteiger partial charge in [0, 0.05) is 35.6 Å². The van der Waals surface area contributed by atoms with Crippen LogP contribution in [0.2, 0.25) is 0 Å². The van der Waals surface area contributed by atoms with Gasteiger partial charge < -0.3 is 15.0 Å². The van der Waals surface area contributed by atoms with Gasteiger partial charge in [-0.05, 0) is 67.6 Å². The number of hydrogen-bond donors (Lipinski definition) is 1.